The Kier molecular flexibility index (Phi) is 6.89. The average Bonchev–Trinajstić information content (AvgIpc) is 3.21. The Bertz CT molecular complexity index is 1390. The van der Waals surface area contributed by atoms with Gasteiger partial charge in [-0.3, -0.25) is 9.69 Å². The highest BCUT2D eigenvalue weighted by Gasteiger charge is 2.22. The summed E-state index contributed by atoms with van der Waals surface area (Å²) < 4.78 is 0. The van der Waals surface area contributed by atoms with Gasteiger partial charge in [0.2, 0.25) is 0 Å². The summed E-state index contributed by atoms with van der Waals surface area (Å²) in [6, 6.07) is 21.0. The van der Waals surface area contributed by atoms with Crippen LogP contribution in [0.15, 0.2) is 72.8 Å². The number of benzene rings is 3. The molecule has 0 saturated heterocycles. The number of rotatable bonds is 7. The normalized spacial score (nSPS) is 13.9. The molecule has 0 bridgehead atoms. The van der Waals surface area contributed by atoms with Gasteiger partial charge in [0, 0.05) is 53.4 Å². The summed E-state index contributed by atoms with van der Waals surface area (Å²) in [6.45, 7) is 2.96. The number of nitrogens with one attached hydrogen (secondary N) is 2. The van der Waals surface area contributed by atoms with E-state index in [1.807, 2.05) is 72.8 Å². The lowest BCUT2D eigenvalue weighted by Crippen LogP contribution is -2.31. The van der Waals surface area contributed by atoms with E-state index in [9.17, 15) is 9.90 Å². The molecule has 4 aromatic rings. The molecule has 0 radical (unpaired) electrons. The van der Waals surface area contributed by atoms with E-state index in [0.717, 1.165) is 53.5 Å². The number of amides is 1. The minimum atomic E-state index is -0.0458. The maximum Gasteiger partial charge on any atom is 0.251 e. The van der Waals surface area contributed by atoms with E-state index in [0.29, 0.717) is 23.9 Å². The molecule has 1 aliphatic heterocycles. The Morgan fingerprint density at radius 1 is 1.11 bits per heavy atom. The Balaban J connectivity index is 1.20. The topological polar surface area (TPSA) is 68.4 Å². The average molecular weight is 486 g/mol. The Morgan fingerprint density at radius 3 is 2.89 bits per heavy atom. The van der Waals surface area contributed by atoms with Crippen molar-refractivity contribution in [1.82, 2.24) is 15.2 Å². The van der Waals surface area contributed by atoms with Crippen LogP contribution in [0, 0.1) is 0 Å². The molecule has 0 aliphatic carbocycles. The van der Waals surface area contributed by atoms with Gasteiger partial charge in [0.1, 0.15) is 5.75 Å². The molecule has 5 rings (SSSR count). The molecule has 1 aliphatic rings. The van der Waals surface area contributed by atoms with Gasteiger partial charge in [0.05, 0.1) is 0 Å². The first-order chi connectivity index (χ1) is 17.1. The van der Waals surface area contributed by atoms with Crippen molar-refractivity contribution in [3.8, 4) is 5.75 Å². The number of hydrogen-bond acceptors (Lipinski definition) is 3. The van der Waals surface area contributed by atoms with Crippen LogP contribution in [0.3, 0.4) is 0 Å². The fourth-order valence-electron chi connectivity index (χ4n) is 4.73. The summed E-state index contributed by atoms with van der Waals surface area (Å²) in [5.74, 6) is 0.247. The fourth-order valence-corrected chi connectivity index (χ4v) is 4.93. The number of hydrogen-bond donors (Lipinski definition) is 3. The van der Waals surface area contributed by atoms with Crippen molar-refractivity contribution in [3.63, 3.8) is 0 Å². The van der Waals surface area contributed by atoms with E-state index in [-0.39, 0.29) is 5.91 Å². The summed E-state index contributed by atoms with van der Waals surface area (Å²) in [4.78, 5) is 18.8. The smallest absolute Gasteiger partial charge is 0.251 e. The summed E-state index contributed by atoms with van der Waals surface area (Å²) in [5, 5.41) is 14.7. The van der Waals surface area contributed by atoms with E-state index in [1.165, 1.54) is 11.3 Å². The second-order valence-electron chi connectivity index (χ2n) is 8.93. The number of fused-ring (bicyclic) bond motifs is 3. The Hall–Kier alpha value is -3.54. The molecule has 35 heavy (non-hydrogen) atoms. The SMILES string of the molecule is O=C(NCC/C=C/c1cccc(Cl)c1)c1ccccc1CN1CCc2c([nH]c3ccc(O)cc23)C1. The van der Waals surface area contributed by atoms with Gasteiger partial charge in [0.25, 0.3) is 5.91 Å². The van der Waals surface area contributed by atoms with Gasteiger partial charge < -0.3 is 15.4 Å². The number of aromatic nitrogens is 1. The maximum atomic E-state index is 12.9. The zero-order valence-corrected chi connectivity index (χ0v) is 20.2. The molecule has 5 nitrogen and oxygen atoms in total. The van der Waals surface area contributed by atoms with E-state index in [4.69, 9.17) is 11.6 Å². The zero-order valence-electron chi connectivity index (χ0n) is 19.4. The molecule has 0 atom stereocenters. The van der Waals surface area contributed by atoms with Crippen molar-refractivity contribution in [2.45, 2.75) is 25.9 Å². The molecule has 3 aromatic carbocycles. The minimum Gasteiger partial charge on any atom is -0.508 e. The van der Waals surface area contributed by atoms with Crippen molar-refractivity contribution in [3.05, 3.63) is 106 Å². The largest absolute Gasteiger partial charge is 0.508 e. The summed E-state index contributed by atoms with van der Waals surface area (Å²) in [7, 11) is 0. The first kappa shape index (κ1) is 23.2. The van der Waals surface area contributed by atoms with Crippen molar-refractivity contribution < 1.29 is 9.90 Å². The number of aromatic hydroxyl groups is 1. The van der Waals surface area contributed by atoms with Crippen LogP contribution >= 0.6 is 11.6 Å². The number of halogens is 1. The minimum absolute atomic E-state index is 0.0458. The van der Waals surface area contributed by atoms with E-state index >= 15 is 0 Å². The van der Waals surface area contributed by atoms with Crippen molar-refractivity contribution >= 4 is 34.5 Å². The van der Waals surface area contributed by atoms with E-state index < -0.39 is 0 Å². The van der Waals surface area contributed by atoms with E-state index in [2.05, 4.69) is 15.2 Å². The molecule has 1 aromatic heterocycles. The predicted octanol–water partition coefficient (Wildman–Crippen LogP) is 5.92. The van der Waals surface area contributed by atoms with Crippen LogP contribution in [0.25, 0.3) is 17.0 Å². The van der Waals surface area contributed by atoms with Gasteiger partial charge in [-0.25, -0.2) is 0 Å². The molecule has 178 valence electrons. The van der Waals surface area contributed by atoms with Gasteiger partial charge in [0.15, 0.2) is 0 Å². The molecular formula is C29H28ClN3O2. The van der Waals surface area contributed by atoms with Gasteiger partial charge in [-0.15, -0.1) is 0 Å². The highest BCUT2D eigenvalue weighted by atomic mass is 35.5. The van der Waals surface area contributed by atoms with Crippen LogP contribution in [-0.2, 0) is 19.5 Å². The van der Waals surface area contributed by atoms with Crippen LogP contribution in [0.2, 0.25) is 5.02 Å². The highest BCUT2D eigenvalue weighted by Crippen LogP contribution is 2.30. The predicted molar refractivity (Wildman–Crippen MR) is 142 cm³/mol. The Labute approximate surface area is 210 Å². The van der Waals surface area contributed by atoms with Gasteiger partial charge >= 0.3 is 0 Å². The number of nitrogens with zero attached hydrogens (tertiary/aromatic N) is 1. The molecule has 2 heterocycles. The maximum absolute atomic E-state index is 12.9. The second-order valence-corrected chi connectivity index (χ2v) is 9.37. The quantitative estimate of drug-likeness (QED) is 0.285. The third-order valence-corrected chi connectivity index (χ3v) is 6.68. The van der Waals surface area contributed by atoms with Crippen LogP contribution in [-0.4, -0.2) is 34.0 Å². The lowest BCUT2D eigenvalue weighted by atomic mass is 10.0. The highest BCUT2D eigenvalue weighted by molar-refractivity contribution is 6.30. The zero-order chi connectivity index (χ0) is 24.2. The first-order valence-corrected chi connectivity index (χ1v) is 12.3. The molecule has 0 saturated carbocycles. The van der Waals surface area contributed by atoms with Crippen LogP contribution < -0.4 is 5.32 Å². The van der Waals surface area contributed by atoms with Crippen molar-refractivity contribution in [2.24, 2.45) is 0 Å². The summed E-state index contributed by atoms with van der Waals surface area (Å²) in [6.07, 6.45) is 5.71. The molecular weight excluding hydrogens is 458 g/mol. The number of carbonyl (C=O) groups is 1. The second kappa shape index (κ2) is 10.4. The van der Waals surface area contributed by atoms with Crippen molar-refractivity contribution in [2.75, 3.05) is 13.1 Å². The van der Waals surface area contributed by atoms with E-state index in [1.54, 1.807) is 6.07 Å². The van der Waals surface area contributed by atoms with Gasteiger partial charge in [-0.1, -0.05) is 54.1 Å². The number of H-pyrrole nitrogens is 1. The number of aromatic amines is 1. The number of phenols is 1. The Morgan fingerprint density at radius 2 is 2.00 bits per heavy atom. The van der Waals surface area contributed by atoms with Crippen LogP contribution in [0.5, 0.6) is 5.75 Å². The number of phenolic OH excluding ortho intramolecular Hbond substituents is 1. The third-order valence-electron chi connectivity index (χ3n) is 6.45. The van der Waals surface area contributed by atoms with Crippen LogP contribution in [0.4, 0.5) is 0 Å². The molecule has 0 unspecified atom stereocenters. The molecule has 6 heteroatoms. The number of carbonyl (C=O) groups excluding carboxylic acids is 1. The molecule has 0 fully saturated rings. The van der Waals surface area contributed by atoms with Crippen LogP contribution in [0.1, 0.15) is 39.2 Å². The molecule has 3 N–H and O–H groups in total. The van der Waals surface area contributed by atoms with Gasteiger partial charge in [-0.2, -0.15) is 0 Å². The third kappa shape index (κ3) is 5.42. The van der Waals surface area contributed by atoms with Crippen molar-refractivity contribution in [1.29, 1.82) is 0 Å². The first-order valence-electron chi connectivity index (χ1n) is 11.9. The summed E-state index contributed by atoms with van der Waals surface area (Å²) in [5.41, 5.74) is 6.31. The summed E-state index contributed by atoms with van der Waals surface area (Å²) >= 11 is 6.02. The molecule has 0 spiro atoms. The van der Waals surface area contributed by atoms with Gasteiger partial charge in [-0.05, 0) is 65.9 Å². The lowest BCUT2D eigenvalue weighted by molar-refractivity contribution is 0.0952. The standard InChI is InChI=1S/C29H28ClN3O2/c30-22-9-5-7-20(16-22)6-3-4-14-31-29(35)24-10-2-1-8-21(24)18-33-15-13-25-26-17-23(34)11-12-27(26)32-28(25)19-33/h1-3,5-12,16-17,32,34H,4,13-15,18-19H2,(H,31,35)/b6-3+. The monoisotopic (exact) mass is 485 g/mol. The molecule has 1 amide bonds. The fraction of sp³-hybridized carbons (Fsp3) is 0.207. The lowest BCUT2D eigenvalue weighted by Gasteiger charge is -2.27.